The smallest absolute Gasteiger partial charge is 0.123 e. The van der Waals surface area contributed by atoms with Gasteiger partial charge in [0.25, 0.3) is 0 Å². The van der Waals surface area contributed by atoms with E-state index >= 15 is 0 Å². The van der Waals surface area contributed by atoms with Crippen LogP contribution in [-0.4, -0.2) is 4.98 Å². The third kappa shape index (κ3) is 2.23. The van der Waals surface area contributed by atoms with Crippen molar-refractivity contribution in [2.75, 3.05) is 0 Å². The molecule has 0 spiro atoms. The fraction of sp³-hybridized carbons (Fsp3) is 0.0833. The van der Waals surface area contributed by atoms with Gasteiger partial charge in [0.1, 0.15) is 5.82 Å². The van der Waals surface area contributed by atoms with E-state index < -0.39 is 0 Å². The molecule has 0 fully saturated rings. The van der Waals surface area contributed by atoms with Gasteiger partial charge in [-0.2, -0.15) is 0 Å². The first-order valence-electron chi connectivity index (χ1n) is 4.57. The minimum absolute atomic E-state index is 0.227. The van der Waals surface area contributed by atoms with Crippen molar-refractivity contribution in [1.29, 1.82) is 0 Å². The van der Waals surface area contributed by atoms with Gasteiger partial charge < -0.3 is 0 Å². The molecular formula is C12H9BrFN. The maximum absolute atomic E-state index is 12.8. The summed E-state index contributed by atoms with van der Waals surface area (Å²) >= 11 is 3.41. The number of nitrogens with zero attached hydrogens (tertiary/aromatic N) is 1. The number of pyridine rings is 1. The Morgan fingerprint density at radius 1 is 1.13 bits per heavy atom. The molecule has 0 radical (unpaired) electrons. The third-order valence-electron chi connectivity index (χ3n) is 2.15. The lowest BCUT2D eigenvalue weighted by Crippen LogP contribution is -1.89. The number of benzene rings is 1. The number of halogens is 2. The second kappa shape index (κ2) is 4.53. The highest BCUT2D eigenvalue weighted by Crippen LogP contribution is 2.22. The highest BCUT2D eigenvalue weighted by atomic mass is 79.9. The Labute approximate surface area is 96.1 Å². The molecule has 0 aliphatic carbocycles. The van der Waals surface area contributed by atoms with Gasteiger partial charge in [-0.05, 0) is 35.9 Å². The molecule has 0 N–H and O–H groups in total. The van der Waals surface area contributed by atoms with Crippen molar-refractivity contribution in [3.05, 3.63) is 54.0 Å². The Morgan fingerprint density at radius 3 is 2.53 bits per heavy atom. The summed E-state index contributed by atoms with van der Waals surface area (Å²) in [7, 11) is 0. The number of alkyl halides is 1. The van der Waals surface area contributed by atoms with Gasteiger partial charge in [0.2, 0.25) is 0 Å². The standard InChI is InChI=1S/C12H9BrFN/c13-8-10-2-1-7-15-12(10)9-3-5-11(14)6-4-9/h1-7H,8H2. The lowest BCUT2D eigenvalue weighted by Gasteiger charge is -2.05. The van der Waals surface area contributed by atoms with Crippen molar-refractivity contribution in [2.24, 2.45) is 0 Å². The Bertz CT molecular complexity index is 453. The van der Waals surface area contributed by atoms with E-state index in [0.29, 0.717) is 0 Å². The highest BCUT2D eigenvalue weighted by molar-refractivity contribution is 9.08. The van der Waals surface area contributed by atoms with Gasteiger partial charge in [-0.15, -0.1) is 0 Å². The molecule has 0 saturated carbocycles. The summed E-state index contributed by atoms with van der Waals surface area (Å²) in [6, 6.07) is 10.3. The van der Waals surface area contributed by atoms with Crippen molar-refractivity contribution in [3.8, 4) is 11.3 Å². The van der Waals surface area contributed by atoms with Crippen LogP contribution >= 0.6 is 15.9 Å². The second-order valence-corrected chi connectivity index (χ2v) is 3.71. The molecule has 3 heteroatoms. The first-order valence-corrected chi connectivity index (χ1v) is 5.69. The fourth-order valence-corrected chi connectivity index (χ4v) is 1.87. The molecule has 0 unspecified atom stereocenters. The lowest BCUT2D eigenvalue weighted by atomic mass is 10.1. The van der Waals surface area contributed by atoms with Crippen LogP contribution in [-0.2, 0) is 5.33 Å². The van der Waals surface area contributed by atoms with Crippen LogP contribution in [0.15, 0.2) is 42.6 Å². The maximum atomic E-state index is 12.8. The van der Waals surface area contributed by atoms with Crippen molar-refractivity contribution in [3.63, 3.8) is 0 Å². The van der Waals surface area contributed by atoms with E-state index in [1.807, 2.05) is 12.1 Å². The molecule has 0 saturated heterocycles. The molecule has 0 aliphatic rings. The summed E-state index contributed by atoms with van der Waals surface area (Å²) in [5.41, 5.74) is 2.94. The Hall–Kier alpha value is -1.22. The van der Waals surface area contributed by atoms with Crippen LogP contribution in [0, 0.1) is 5.82 Å². The number of hydrogen-bond donors (Lipinski definition) is 0. The average Bonchev–Trinajstić information content (AvgIpc) is 2.30. The summed E-state index contributed by atoms with van der Waals surface area (Å²) in [5.74, 6) is -0.227. The summed E-state index contributed by atoms with van der Waals surface area (Å²) in [6.45, 7) is 0. The number of rotatable bonds is 2. The second-order valence-electron chi connectivity index (χ2n) is 3.15. The third-order valence-corrected chi connectivity index (χ3v) is 2.76. The van der Waals surface area contributed by atoms with Crippen LogP contribution in [0.5, 0.6) is 0 Å². The minimum atomic E-state index is -0.227. The van der Waals surface area contributed by atoms with Crippen molar-refractivity contribution < 1.29 is 4.39 Å². The Kier molecular flexibility index (Phi) is 3.11. The molecule has 2 aromatic rings. The van der Waals surface area contributed by atoms with Crippen molar-refractivity contribution in [1.82, 2.24) is 4.98 Å². The molecule has 2 rings (SSSR count). The molecule has 1 aromatic heterocycles. The van der Waals surface area contributed by atoms with Crippen LogP contribution in [0.1, 0.15) is 5.56 Å². The molecule has 0 amide bonds. The molecule has 1 aromatic carbocycles. The molecule has 1 heterocycles. The van der Waals surface area contributed by atoms with Gasteiger partial charge in [-0.25, -0.2) is 4.39 Å². The Balaban J connectivity index is 2.49. The summed E-state index contributed by atoms with van der Waals surface area (Å²) < 4.78 is 12.8. The number of hydrogen-bond acceptors (Lipinski definition) is 1. The monoisotopic (exact) mass is 265 g/mol. The van der Waals surface area contributed by atoms with E-state index in [2.05, 4.69) is 20.9 Å². The minimum Gasteiger partial charge on any atom is -0.256 e. The predicted octanol–water partition coefficient (Wildman–Crippen LogP) is 3.78. The van der Waals surface area contributed by atoms with E-state index in [-0.39, 0.29) is 5.82 Å². The zero-order valence-electron chi connectivity index (χ0n) is 7.95. The highest BCUT2D eigenvalue weighted by Gasteiger charge is 2.04. The van der Waals surface area contributed by atoms with Crippen molar-refractivity contribution in [2.45, 2.75) is 5.33 Å². The normalized spacial score (nSPS) is 10.3. The zero-order valence-corrected chi connectivity index (χ0v) is 9.54. The van der Waals surface area contributed by atoms with E-state index in [1.165, 1.54) is 12.1 Å². The topological polar surface area (TPSA) is 12.9 Å². The molecular weight excluding hydrogens is 257 g/mol. The van der Waals surface area contributed by atoms with Crippen LogP contribution in [0.25, 0.3) is 11.3 Å². The molecule has 76 valence electrons. The first kappa shape index (κ1) is 10.3. The van der Waals surface area contributed by atoms with E-state index in [4.69, 9.17) is 0 Å². The van der Waals surface area contributed by atoms with Crippen molar-refractivity contribution >= 4 is 15.9 Å². The van der Waals surface area contributed by atoms with Crippen LogP contribution in [0.3, 0.4) is 0 Å². The van der Waals surface area contributed by atoms with Gasteiger partial charge in [-0.1, -0.05) is 22.0 Å². The first-order chi connectivity index (χ1) is 7.31. The molecule has 0 atom stereocenters. The average molecular weight is 266 g/mol. The van der Waals surface area contributed by atoms with Crippen LogP contribution in [0.2, 0.25) is 0 Å². The molecule has 15 heavy (non-hydrogen) atoms. The quantitative estimate of drug-likeness (QED) is 0.754. The number of aromatic nitrogens is 1. The van der Waals surface area contributed by atoms with E-state index in [9.17, 15) is 4.39 Å². The fourth-order valence-electron chi connectivity index (χ4n) is 1.41. The summed E-state index contributed by atoms with van der Waals surface area (Å²) in [5, 5.41) is 0.744. The van der Waals surface area contributed by atoms with Gasteiger partial charge >= 0.3 is 0 Å². The molecule has 1 nitrogen and oxygen atoms in total. The molecule has 0 aliphatic heterocycles. The van der Waals surface area contributed by atoms with E-state index in [1.54, 1.807) is 18.3 Å². The summed E-state index contributed by atoms with van der Waals surface area (Å²) in [6.07, 6.45) is 1.74. The largest absolute Gasteiger partial charge is 0.256 e. The molecule has 0 bridgehead atoms. The van der Waals surface area contributed by atoms with Gasteiger partial charge in [0.15, 0.2) is 0 Å². The van der Waals surface area contributed by atoms with Gasteiger partial charge in [-0.3, -0.25) is 4.98 Å². The lowest BCUT2D eigenvalue weighted by molar-refractivity contribution is 0.628. The SMILES string of the molecule is Fc1ccc(-c2ncccc2CBr)cc1. The van der Waals surface area contributed by atoms with Gasteiger partial charge in [0, 0.05) is 17.1 Å². The van der Waals surface area contributed by atoms with E-state index in [0.717, 1.165) is 22.2 Å². The summed E-state index contributed by atoms with van der Waals surface area (Å²) in [4.78, 5) is 4.30. The Morgan fingerprint density at radius 2 is 1.87 bits per heavy atom. The van der Waals surface area contributed by atoms with Crippen LogP contribution < -0.4 is 0 Å². The zero-order chi connectivity index (χ0) is 10.7. The maximum Gasteiger partial charge on any atom is 0.123 e. The van der Waals surface area contributed by atoms with Gasteiger partial charge in [0.05, 0.1) is 5.69 Å². The van der Waals surface area contributed by atoms with Crippen LogP contribution in [0.4, 0.5) is 4.39 Å². The predicted molar refractivity (Wildman–Crippen MR) is 62.3 cm³/mol.